The highest BCUT2D eigenvalue weighted by Gasteiger charge is 2.33. The summed E-state index contributed by atoms with van der Waals surface area (Å²) in [5.41, 5.74) is 0. The van der Waals surface area contributed by atoms with Crippen LogP contribution >= 0.6 is 22.9 Å². The van der Waals surface area contributed by atoms with E-state index in [0.29, 0.717) is 24.8 Å². The molecule has 0 saturated carbocycles. The van der Waals surface area contributed by atoms with Crippen LogP contribution < -0.4 is 5.32 Å². The number of aryl methyl sites for hydroxylation is 1. The molecule has 6 nitrogen and oxygen atoms in total. The number of likely N-dealkylation sites (tertiary alicyclic amines) is 1. The van der Waals surface area contributed by atoms with E-state index in [2.05, 4.69) is 15.5 Å². The Hall–Kier alpha value is -1.60. The molecule has 2 aromatic heterocycles. The number of hydrogen-bond donors (Lipinski definition) is 1. The number of halogens is 1. The lowest BCUT2D eigenvalue weighted by Crippen LogP contribution is -2.39. The molecule has 1 aliphatic rings. The van der Waals surface area contributed by atoms with Crippen LogP contribution in [0.15, 0.2) is 16.7 Å². The van der Waals surface area contributed by atoms with Crippen molar-refractivity contribution in [1.82, 2.24) is 20.4 Å². The molecule has 1 atom stereocenters. The molecular weight excluding hydrogens is 312 g/mol. The number of urea groups is 1. The van der Waals surface area contributed by atoms with Crippen molar-refractivity contribution < 1.29 is 9.32 Å². The second-order valence-corrected chi connectivity index (χ2v) is 6.69. The first kappa shape index (κ1) is 14.3. The molecular formula is C13H15ClN4O2S. The van der Waals surface area contributed by atoms with Crippen LogP contribution in [-0.2, 0) is 6.54 Å². The number of carbonyl (C=O) groups excluding carboxylic acids is 1. The number of aromatic nitrogens is 2. The van der Waals surface area contributed by atoms with Gasteiger partial charge in [-0.25, -0.2) is 4.79 Å². The summed E-state index contributed by atoms with van der Waals surface area (Å²) in [6.07, 6.45) is 1.80. The number of thiophene rings is 1. The van der Waals surface area contributed by atoms with Gasteiger partial charge in [-0.05, 0) is 25.0 Å². The molecule has 0 unspecified atom stereocenters. The normalized spacial score (nSPS) is 18.2. The average Bonchev–Trinajstić information content (AvgIpc) is 3.16. The lowest BCUT2D eigenvalue weighted by Gasteiger charge is -2.22. The first-order valence-electron chi connectivity index (χ1n) is 6.72. The third-order valence-corrected chi connectivity index (χ3v) is 4.63. The molecule has 3 heterocycles. The van der Waals surface area contributed by atoms with Crippen LogP contribution in [0.5, 0.6) is 0 Å². The number of rotatable bonds is 3. The van der Waals surface area contributed by atoms with E-state index in [-0.39, 0.29) is 12.1 Å². The maximum atomic E-state index is 12.3. The van der Waals surface area contributed by atoms with Crippen LogP contribution in [-0.4, -0.2) is 27.6 Å². The Balaban J connectivity index is 1.63. The zero-order chi connectivity index (χ0) is 14.8. The fourth-order valence-electron chi connectivity index (χ4n) is 2.44. The van der Waals surface area contributed by atoms with E-state index >= 15 is 0 Å². The summed E-state index contributed by atoms with van der Waals surface area (Å²) in [5.74, 6) is 1.10. The minimum Gasteiger partial charge on any atom is -0.340 e. The molecule has 2 aromatic rings. The number of nitrogens with one attached hydrogen (secondary N) is 1. The number of carbonyl (C=O) groups is 1. The van der Waals surface area contributed by atoms with Gasteiger partial charge in [0.2, 0.25) is 5.89 Å². The molecule has 1 N–H and O–H groups in total. The molecule has 0 aliphatic carbocycles. The standard InChI is InChI=1S/C13H15ClN4O2S/c1-8-16-12(17-20-8)10-3-2-6-18(10)13(19)15-7-9-4-5-11(14)21-9/h4-5,10H,2-3,6-7H2,1H3,(H,15,19)/t10-/m1/s1. The molecule has 0 bridgehead atoms. The van der Waals surface area contributed by atoms with Gasteiger partial charge in [-0.1, -0.05) is 16.8 Å². The maximum absolute atomic E-state index is 12.3. The first-order valence-corrected chi connectivity index (χ1v) is 7.92. The summed E-state index contributed by atoms with van der Waals surface area (Å²) < 4.78 is 5.73. The molecule has 3 rings (SSSR count). The van der Waals surface area contributed by atoms with Crippen LogP contribution in [0.2, 0.25) is 4.34 Å². The van der Waals surface area contributed by atoms with Crippen molar-refractivity contribution in [3.8, 4) is 0 Å². The third-order valence-electron chi connectivity index (χ3n) is 3.40. The van der Waals surface area contributed by atoms with Crippen molar-refractivity contribution in [2.24, 2.45) is 0 Å². The zero-order valence-corrected chi connectivity index (χ0v) is 13.1. The largest absolute Gasteiger partial charge is 0.340 e. The van der Waals surface area contributed by atoms with Crippen molar-refractivity contribution in [3.05, 3.63) is 33.1 Å². The topological polar surface area (TPSA) is 71.3 Å². The predicted molar refractivity (Wildman–Crippen MR) is 79.3 cm³/mol. The lowest BCUT2D eigenvalue weighted by molar-refractivity contribution is 0.189. The van der Waals surface area contributed by atoms with Gasteiger partial charge in [0.1, 0.15) is 0 Å². The molecule has 21 heavy (non-hydrogen) atoms. The van der Waals surface area contributed by atoms with Gasteiger partial charge < -0.3 is 14.7 Å². The Labute approximate surface area is 131 Å². The van der Waals surface area contributed by atoms with Gasteiger partial charge >= 0.3 is 6.03 Å². The van der Waals surface area contributed by atoms with E-state index < -0.39 is 0 Å². The van der Waals surface area contributed by atoms with Gasteiger partial charge in [0, 0.05) is 18.3 Å². The summed E-state index contributed by atoms with van der Waals surface area (Å²) in [6, 6.07) is 3.53. The van der Waals surface area contributed by atoms with Crippen molar-refractivity contribution in [2.75, 3.05) is 6.54 Å². The maximum Gasteiger partial charge on any atom is 0.318 e. The van der Waals surface area contributed by atoms with E-state index in [9.17, 15) is 4.79 Å². The minimum absolute atomic E-state index is 0.102. The molecule has 0 aromatic carbocycles. The van der Waals surface area contributed by atoms with Crippen LogP contribution in [0, 0.1) is 6.92 Å². The van der Waals surface area contributed by atoms with Gasteiger partial charge in [-0.3, -0.25) is 0 Å². The van der Waals surface area contributed by atoms with E-state index in [0.717, 1.165) is 22.1 Å². The highest BCUT2D eigenvalue weighted by Crippen LogP contribution is 2.30. The van der Waals surface area contributed by atoms with E-state index in [1.165, 1.54) is 11.3 Å². The van der Waals surface area contributed by atoms with Gasteiger partial charge in [0.05, 0.1) is 16.9 Å². The third kappa shape index (κ3) is 3.19. The van der Waals surface area contributed by atoms with Crippen molar-refractivity contribution in [2.45, 2.75) is 32.4 Å². The highest BCUT2D eigenvalue weighted by atomic mass is 35.5. The molecule has 1 fully saturated rings. The fourth-order valence-corrected chi connectivity index (χ4v) is 3.47. The van der Waals surface area contributed by atoms with Crippen molar-refractivity contribution >= 4 is 29.0 Å². The second-order valence-electron chi connectivity index (χ2n) is 4.89. The lowest BCUT2D eigenvalue weighted by atomic mass is 10.2. The number of amides is 2. The molecule has 0 radical (unpaired) electrons. The first-order chi connectivity index (χ1) is 10.1. The van der Waals surface area contributed by atoms with Crippen LogP contribution in [0.1, 0.15) is 35.5 Å². The Morgan fingerprint density at radius 3 is 3.14 bits per heavy atom. The van der Waals surface area contributed by atoms with E-state index in [4.69, 9.17) is 16.1 Å². The molecule has 112 valence electrons. The predicted octanol–water partition coefficient (Wildman–Crippen LogP) is 3.14. The molecule has 2 amide bonds. The average molecular weight is 327 g/mol. The summed E-state index contributed by atoms with van der Waals surface area (Å²) in [4.78, 5) is 19.3. The molecule has 8 heteroatoms. The van der Waals surface area contributed by atoms with Crippen LogP contribution in [0.25, 0.3) is 0 Å². The van der Waals surface area contributed by atoms with Crippen molar-refractivity contribution in [3.63, 3.8) is 0 Å². The minimum atomic E-state index is -0.107. The quantitative estimate of drug-likeness (QED) is 0.940. The summed E-state index contributed by atoms with van der Waals surface area (Å²) in [6.45, 7) is 2.93. The number of hydrogen-bond acceptors (Lipinski definition) is 5. The fraction of sp³-hybridized carbons (Fsp3) is 0.462. The molecule has 1 saturated heterocycles. The van der Waals surface area contributed by atoms with Gasteiger partial charge in [-0.15, -0.1) is 11.3 Å². The van der Waals surface area contributed by atoms with Gasteiger partial charge in [0.15, 0.2) is 5.82 Å². The van der Waals surface area contributed by atoms with Gasteiger partial charge in [0.25, 0.3) is 0 Å². The summed E-state index contributed by atoms with van der Waals surface area (Å²) in [5, 5.41) is 6.84. The van der Waals surface area contributed by atoms with Crippen LogP contribution in [0.4, 0.5) is 4.79 Å². The second kappa shape index (κ2) is 6.03. The molecule has 1 aliphatic heterocycles. The van der Waals surface area contributed by atoms with Gasteiger partial charge in [-0.2, -0.15) is 4.98 Å². The van der Waals surface area contributed by atoms with Crippen molar-refractivity contribution in [1.29, 1.82) is 0 Å². The Bertz CT molecular complexity index is 642. The zero-order valence-electron chi connectivity index (χ0n) is 11.5. The Morgan fingerprint density at radius 2 is 2.48 bits per heavy atom. The highest BCUT2D eigenvalue weighted by molar-refractivity contribution is 7.16. The number of nitrogens with zero attached hydrogens (tertiary/aromatic N) is 3. The monoisotopic (exact) mass is 326 g/mol. The van der Waals surface area contributed by atoms with E-state index in [1.54, 1.807) is 11.8 Å². The Kier molecular flexibility index (Phi) is 4.12. The summed E-state index contributed by atoms with van der Waals surface area (Å²) in [7, 11) is 0. The Morgan fingerprint density at radius 1 is 1.62 bits per heavy atom. The smallest absolute Gasteiger partial charge is 0.318 e. The van der Waals surface area contributed by atoms with E-state index in [1.807, 2.05) is 12.1 Å². The molecule has 0 spiro atoms. The van der Waals surface area contributed by atoms with Crippen LogP contribution in [0.3, 0.4) is 0 Å². The SMILES string of the molecule is Cc1nc([C@H]2CCCN2C(=O)NCc2ccc(Cl)s2)no1. The summed E-state index contributed by atoms with van der Waals surface area (Å²) >= 11 is 7.34.